The van der Waals surface area contributed by atoms with Gasteiger partial charge in [-0.05, 0) is 28.1 Å². The number of methoxy groups -OCH3 is 1. The van der Waals surface area contributed by atoms with E-state index in [1.54, 1.807) is 4.72 Å². The molecule has 0 aliphatic rings. The Labute approximate surface area is 142 Å². The molecule has 0 heterocycles. The van der Waals surface area contributed by atoms with Crippen molar-refractivity contribution in [1.82, 2.24) is 0 Å². The maximum atomic E-state index is 13.8. The maximum Gasteiger partial charge on any atom is 0.267 e. The van der Waals surface area contributed by atoms with E-state index < -0.39 is 48.4 Å². The standard InChI is InChI=1S/C13H8BrF4NO4S/c1-23-7-3-2-5(4-6(7)20)19-24(21,22)13-11(17)9(15)8(14)10(16)12(13)18/h2-4,19-20H,1H3. The van der Waals surface area contributed by atoms with Crippen molar-refractivity contribution in [1.29, 1.82) is 0 Å². The van der Waals surface area contributed by atoms with Gasteiger partial charge in [0.1, 0.15) is 0 Å². The number of sulfonamides is 1. The lowest BCUT2D eigenvalue weighted by molar-refractivity contribution is 0.373. The second-order valence-electron chi connectivity index (χ2n) is 4.39. The molecule has 11 heteroatoms. The predicted molar refractivity (Wildman–Crippen MR) is 79.4 cm³/mol. The van der Waals surface area contributed by atoms with Gasteiger partial charge < -0.3 is 9.84 Å². The molecule has 0 bridgehead atoms. The van der Waals surface area contributed by atoms with Gasteiger partial charge in [-0.15, -0.1) is 0 Å². The zero-order valence-electron chi connectivity index (χ0n) is 11.7. The highest BCUT2D eigenvalue weighted by Gasteiger charge is 2.32. The van der Waals surface area contributed by atoms with E-state index in [-0.39, 0.29) is 11.4 Å². The summed E-state index contributed by atoms with van der Waals surface area (Å²) in [5.41, 5.74) is -0.309. The fourth-order valence-corrected chi connectivity index (χ4v) is 3.32. The Kier molecular flexibility index (Phi) is 4.95. The fraction of sp³-hybridized carbons (Fsp3) is 0.0769. The number of ether oxygens (including phenoxy) is 1. The summed E-state index contributed by atoms with van der Waals surface area (Å²) in [5, 5.41) is 9.56. The number of halogens is 5. The van der Waals surface area contributed by atoms with Crippen molar-refractivity contribution in [2.45, 2.75) is 4.90 Å². The molecule has 0 fully saturated rings. The lowest BCUT2D eigenvalue weighted by Crippen LogP contribution is -2.18. The summed E-state index contributed by atoms with van der Waals surface area (Å²) in [6.07, 6.45) is 0. The molecular weight excluding hydrogens is 422 g/mol. The van der Waals surface area contributed by atoms with E-state index in [1.807, 2.05) is 0 Å². The second kappa shape index (κ2) is 6.48. The third kappa shape index (κ3) is 3.13. The topological polar surface area (TPSA) is 75.6 Å². The fourth-order valence-electron chi connectivity index (χ4n) is 1.78. The van der Waals surface area contributed by atoms with Crippen molar-refractivity contribution in [3.8, 4) is 11.5 Å². The van der Waals surface area contributed by atoms with Crippen LogP contribution in [0.1, 0.15) is 0 Å². The minimum atomic E-state index is -5.03. The highest BCUT2D eigenvalue weighted by molar-refractivity contribution is 9.10. The van der Waals surface area contributed by atoms with Crippen molar-refractivity contribution >= 4 is 31.6 Å². The molecule has 0 aliphatic carbocycles. The Morgan fingerprint density at radius 1 is 1.08 bits per heavy atom. The van der Waals surface area contributed by atoms with Gasteiger partial charge in [0.15, 0.2) is 39.7 Å². The third-order valence-electron chi connectivity index (χ3n) is 2.87. The van der Waals surface area contributed by atoms with Gasteiger partial charge in [0.25, 0.3) is 10.0 Å². The van der Waals surface area contributed by atoms with Crippen LogP contribution in [0.2, 0.25) is 0 Å². The van der Waals surface area contributed by atoms with E-state index >= 15 is 0 Å². The quantitative estimate of drug-likeness (QED) is 0.442. The number of hydrogen-bond acceptors (Lipinski definition) is 4. The molecule has 0 unspecified atom stereocenters. The molecule has 2 aromatic carbocycles. The van der Waals surface area contributed by atoms with Gasteiger partial charge in [0, 0.05) is 6.07 Å². The van der Waals surface area contributed by atoms with Crippen LogP contribution in [0.5, 0.6) is 11.5 Å². The SMILES string of the molecule is COc1ccc(NS(=O)(=O)c2c(F)c(F)c(Br)c(F)c2F)cc1O. The molecule has 0 spiro atoms. The summed E-state index contributed by atoms with van der Waals surface area (Å²) in [4.78, 5) is -1.82. The van der Waals surface area contributed by atoms with Crippen LogP contribution in [0.4, 0.5) is 23.2 Å². The maximum absolute atomic E-state index is 13.8. The monoisotopic (exact) mass is 429 g/mol. The molecule has 2 rings (SSSR count). The van der Waals surface area contributed by atoms with Gasteiger partial charge in [-0.2, -0.15) is 0 Å². The molecule has 2 aromatic rings. The van der Waals surface area contributed by atoms with Gasteiger partial charge in [-0.3, -0.25) is 4.72 Å². The summed E-state index contributed by atoms with van der Waals surface area (Å²) in [6, 6.07) is 3.16. The van der Waals surface area contributed by atoms with Gasteiger partial charge in [0.05, 0.1) is 17.3 Å². The molecule has 130 valence electrons. The van der Waals surface area contributed by atoms with Gasteiger partial charge >= 0.3 is 0 Å². The van der Waals surface area contributed by atoms with Crippen LogP contribution in [0.25, 0.3) is 0 Å². The van der Waals surface area contributed by atoms with Crippen LogP contribution >= 0.6 is 15.9 Å². The average molecular weight is 430 g/mol. The molecule has 0 atom stereocenters. The number of phenolic OH excluding ortho intramolecular Hbond substituents is 1. The zero-order chi connectivity index (χ0) is 18.2. The minimum absolute atomic E-state index is 0.0102. The summed E-state index contributed by atoms with van der Waals surface area (Å²) >= 11 is 2.28. The number of nitrogens with one attached hydrogen (secondary N) is 1. The normalized spacial score (nSPS) is 11.4. The summed E-state index contributed by atoms with van der Waals surface area (Å²) in [7, 11) is -3.78. The average Bonchev–Trinajstić information content (AvgIpc) is 2.50. The number of aromatic hydroxyl groups is 1. The van der Waals surface area contributed by atoms with Crippen LogP contribution in [-0.2, 0) is 10.0 Å². The first-order valence-electron chi connectivity index (χ1n) is 6.01. The van der Waals surface area contributed by atoms with E-state index in [1.165, 1.54) is 13.2 Å². The number of anilines is 1. The summed E-state index contributed by atoms with van der Waals surface area (Å²) < 4.78 is 84.0. The lowest BCUT2D eigenvalue weighted by Gasteiger charge is -2.12. The Bertz CT molecular complexity index is 892. The molecule has 0 radical (unpaired) electrons. The zero-order valence-corrected chi connectivity index (χ0v) is 14.1. The summed E-state index contributed by atoms with van der Waals surface area (Å²) in [6.45, 7) is 0. The summed E-state index contributed by atoms with van der Waals surface area (Å²) in [5.74, 6) is -8.43. The van der Waals surface area contributed by atoms with Crippen LogP contribution in [-0.4, -0.2) is 20.6 Å². The van der Waals surface area contributed by atoms with Crippen LogP contribution in [0.3, 0.4) is 0 Å². The van der Waals surface area contributed by atoms with E-state index in [2.05, 4.69) is 15.9 Å². The van der Waals surface area contributed by atoms with E-state index in [0.29, 0.717) is 0 Å². The van der Waals surface area contributed by atoms with Crippen molar-refractivity contribution in [3.05, 3.63) is 45.9 Å². The molecule has 0 saturated carbocycles. The molecular formula is C13H8BrF4NO4S. The Balaban J connectivity index is 2.55. The number of phenols is 1. The van der Waals surface area contributed by atoms with Gasteiger partial charge in [-0.25, -0.2) is 26.0 Å². The minimum Gasteiger partial charge on any atom is -0.504 e. The first-order valence-corrected chi connectivity index (χ1v) is 8.29. The molecule has 0 aliphatic heterocycles. The largest absolute Gasteiger partial charge is 0.504 e. The van der Waals surface area contributed by atoms with Crippen molar-refractivity contribution in [2.75, 3.05) is 11.8 Å². The second-order valence-corrected chi connectivity index (χ2v) is 6.80. The Morgan fingerprint density at radius 3 is 2.08 bits per heavy atom. The molecule has 5 nitrogen and oxygen atoms in total. The molecule has 0 amide bonds. The van der Waals surface area contributed by atoms with E-state index in [0.717, 1.165) is 12.1 Å². The number of rotatable bonds is 4. The molecule has 24 heavy (non-hydrogen) atoms. The highest BCUT2D eigenvalue weighted by Crippen LogP contribution is 2.33. The lowest BCUT2D eigenvalue weighted by atomic mass is 10.3. The van der Waals surface area contributed by atoms with E-state index in [4.69, 9.17) is 4.74 Å². The first kappa shape index (κ1) is 18.3. The van der Waals surface area contributed by atoms with Gasteiger partial charge in [0.2, 0.25) is 0 Å². The van der Waals surface area contributed by atoms with Crippen molar-refractivity contribution < 1.29 is 35.8 Å². The van der Waals surface area contributed by atoms with E-state index in [9.17, 15) is 31.1 Å². The molecule has 0 aromatic heterocycles. The van der Waals surface area contributed by atoms with Crippen molar-refractivity contribution in [3.63, 3.8) is 0 Å². The predicted octanol–water partition coefficient (Wildman–Crippen LogP) is 3.52. The Morgan fingerprint density at radius 2 is 1.62 bits per heavy atom. The molecule has 0 saturated heterocycles. The van der Waals surface area contributed by atoms with Gasteiger partial charge in [-0.1, -0.05) is 0 Å². The van der Waals surface area contributed by atoms with Crippen molar-refractivity contribution in [2.24, 2.45) is 0 Å². The third-order valence-corrected chi connectivity index (χ3v) is 4.97. The van der Waals surface area contributed by atoms with Crippen LogP contribution in [0, 0.1) is 23.3 Å². The number of benzene rings is 2. The smallest absolute Gasteiger partial charge is 0.267 e. The van der Waals surface area contributed by atoms with Crippen LogP contribution < -0.4 is 9.46 Å². The Hall–Kier alpha value is -2.01. The highest BCUT2D eigenvalue weighted by atomic mass is 79.9. The number of hydrogen-bond donors (Lipinski definition) is 2. The van der Waals surface area contributed by atoms with Crippen LogP contribution in [0.15, 0.2) is 27.6 Å². The first-order chi connectivity index (χ1) is 11.1. The molecule has 2 N–H and O–H groups in total.